The number of Topliss-reactive ketones (excluding diaryl/α,β-unsaturated/α-hetero) is 1. The van der Waals surface area contributed by atoms with Crippen molar-refractivity contribution < 1.29 is 19.1 Å². The maximum absolute atomic E-state index is 13.6. The molecule has 3 aliphatic rings. The van der Waals surface area contributed by atoms with Gasteiger partial charge < -0.3 is 15.0 Å². The van der Waals surface area contributed by atoms with E-state index in [-0.39, 0.29) is 42.1 Å². The van der Waals surface area contributed by atoms with Gasteiger partial charge in [0.2, 0.25) is 5.91 Å². The molecule has 2 aromatic rings. The summed E-state index contributed by atoms with van der Waals surface area (Å²) in [5.41, 5.74) is 1.26. The number of hydrogen-bond donors (Lipinski definition) is 2. The summed E-state index contributed by atoms with van der Waals surface area (Å²) in [4.78, 5) is 40.7. The van der Waals surface area contributed by atoms with Gasteiger partial charge in [-0.3, -0.25) is 19.5 Å². The van der Waals surface area contributed by atoms with E-state index in [2.05, 4.69) is 15.5 Å². The van der Waals surface area contributed by atoms with Crippen LogP contribution in [0.1, 0.15) is 43.0 Å². The SMILES string of the molecule is C[C@@H]1CN(C(=O)[C@@H](NC(=O)c2ccc3cn[nH]c3c2)C2CCCC2)[C@@H]2C(=O)CO[C@H]12. The first-order valence-electron chi connectivity index (χ1n) is 10.7. The Balaban J connectivity index is 1.40. The third kappa shape index (κ3) is 3.19. The number of fused-ring (bicyclic) bond motifs is 2. The molecule has 1 aromatic heterocycles. The lowest BCUT2D eigenvalue weighted by Crippen LogP contribution is -2.54. The molecule has 2 saturated heterocycles. The standard InChI is InChI=1S/C22H26N4O4/c1-12-10-26(19-17(27)11-30-20(12)19)22(29)18(13-4-2-3-5-13)24-21(28)14-6-7-15-9-23-25-16(15)8-14/h6-9,12-13,18-20H,2-5,10-11H2,1H3,(H,23,25)(H,24,28)/t12-,18+,19-,20-/m1/s1. The van der Waals surface area contributed by atoms with Gasteiger partial charge in [-0.1, -0.05) is 25.8 Å². The van der Waals surface area contributed by atoms with Crippen LogP contribution in [0.5, 0.6) is 0 Å². The molecule has 2 amide bonds. The quantitative estimate of drug-likeness (QED) is 0.798. The van der Waals surface area contributed by atoms with Crippen LogP contribution in [0.25, 0.3) is 10.9 Å². The zero-order valence-electron chi connectivity index (χ0n) is 17.0. The van der Waals surface area contributed by atoms with Crippen LogP contribution in [0.2, 0.25) is 0 Å². The second-order valence-corrected chi connectivity index (χ2v) is 8.82. The van der Waals surface area contributed by atoms with Crippen LogP contribution < -0.4 is 5.32 Å². The maximum Gasteiger partial charge on any atom is 0.252 e. The molecule has 30 heavy (non-hydrogen) atoms. The van der Waals surface area contributed by atoms with Gasteiger partial charge in [0.1, 0.15) is 18.7 Å². The van der Waals surface area contributed by atoms with Gasteiger partial charge in [-0.25, -0.2) is 0 Å². The van der Waals surface area contributed by atoms with Gasteiger partial charge in [0.15, 0.2) is 5.78 Å². The van der Waals surface area contributed by atoms with Crippen LogP contribution in [0.15, 0.2) is 24.4 Å². The molecule has 2 aliphatic heterocycles. The van der Waals surface area contributed by atoms with Crippen molar-refractivity contribution in [2.24, 2.45) is 11.8 Å². The first-order chi connectivity index (χ1) is 14.5. The Morgan fingerprint density at radius 1 is 1.30 bits per heavy atom. The predicted octanol–water partition coefficient (Wildman–Crippen LogP) is 1.67. The van der Waals surface area contributed by atoms with Crippen LogP contribution in [0.4, 0.5) is 0 Å². The minimum Gasteiger partial charge on any atom is -0.367 e. The van der Waals surface area contributed by atoms with Crippen molar-refractivity contribution in [3.63, 3.8) is 0 Å². The van der Waals surface area contributed by atoms with Crippen molar-refractivity contribution in [3.8, 4) is 0 Å². The zero-order valence-corrected chi connectivity index (χ0v) is 17.0. The van der Waals surface area contributed by atoms with Gasteiger partial charge in [-0.05, 0) is 30.9 Å². The average molecular weight is 410 g/mol. The lowest BCUT2D eigenvalue weighted by molar-refractivity contribution is -0.139. The van der Waals surface area contributed by atoms with E-state index in [1.807, 2.05) is 13.0 Å². The molecule has 1 saturated carbocycles. The minimum absolute atomic E-state index is 0.0427. The van der Waals surface area contributed by atoms with Crippen molar-refractivity contribution in [1.82, 2.24) is 20.4 Å². The van der Waals surface area contributed by atoms with E-state index in [4.69, 9.17) is 4.74 Å². The number of aromatic nitrogens is 2. The fourth-order valence-corrected chi connectivity index (χ4v) is 5.27. The van der Waals surface area contributed by atoms with E-state index in [0.29, 0.717) is 12.1 Å². The molecule has 3 heterocycles. The Bertz CT molecular complexity index is 996. The second-order valence-electron chi connectivity index (χ2n) is 8.82. The molecule has 0 unspecified atom stereocenters. The molecule has 5 rings (SSSR count). The third-order valence-corrected chi connectivity index (χ3v) is 6.85. The van der Waals surface area contributed by atoms with Gasteiger partial charge in [0.05, 0.1) is 17.8 Å². The Morgan fingerprint density at radius 2 is 2.10 bits per heavy atom. The number of nitrogens with zero attached hydrogens (tertiary/aromatic N) is 2. The van der Waals surface area contributed by atoms with Crippen molar-refractivity contribution in [3.05, 3.63) is 30.0 Å². The van der Waals surface area contributed by atoms with Gasteiger partial charge in [0.25, 0.3) is 5.91 Å². The number of H-pyrrole nitrogens is 1. The summed E-state index contributed by atoms with van der Waals surface area (Å²) in [6.45, 7) is 2.56. The van der Waals surface area contributed by atoms with Gasteiger partial charge in [-0.2, -0.15) is 5.10 Å². The number of hydrogen-bond acceptors (Lipinski definition) is 5. The summed E-state index contributed by atoms with van der Waals surface area (Å²) in [7, 11) is 0. The van der Waals surface area contributed by atoms with Crippen LogP contribution in [-0.4, -0.2) is 64.0 Å². The fourth-order valence-electron chi connectivity index (χ4n) is 5.27. The highest BCUT2D eigenvalue weighted by molar-refractivity contribution is 6.01. The normalized spacial score (nSPS) is 27.6. The number of benzene rings is 1. The topological polar surface area (TPSA) is 104 Å². The largest absolute Gasteiger partial charge is 0.367 e. The summed E-state index contributed by atoms with van der Waals surface area (Å²) in [6.07, 6.45) is 5.37. The number of ether oxygens (including phenoxy) is 1. The molecule has 1 aliphatic carbocycles. The van der Waals surface area contributed by atoms with E-state index < -0.39 is 12.1 Å². The molecule has 0 spiro atoms. The summed E-state index contributed by atoms with van der Waals surface area (Å²) < 4.78 is 5.63. The fraction of sp³-hybridized carbons (Fsp3) is 0.545. The summed E-state index contributed by atoms with van der Waals surface area (Å²) in [6, 6.07) is 4.18. The third-order valence-electron chi connectivity index (χ3n) is 6.85. The molecule has 4 atom stereocenters. The Labute approximate surface area is 174 Å². The highest BCUT2D eigenvalue weighted by Crippen LogP contribution is 2.35. The van der Waals surface area contributed by atoms with Gasteiger partial charge in [-0.15, -0.1) is 0 Å². The van der Waals surface area contributed by atoms with E-state index in [0.717, 1.165) is 36.6 Å². The smallest absolute Gasteiger partial charge is 0.252 e. The maximum atomic E-state index is 13.6. The Hall–Kier alpha value is -2.74. The zero-order chi connectivity index (χ0) is 20.8. The number of carbonyl (C=O) groups excluding carboxylic acids is 3. The van der Waals surface area contributed by atoms with Crippen LogP contribution in [0, 0.1) is 11.8 Å². The van der Waals surface area contributed by atoms with Crippen LogP contribution in [0.3, 0.4) is 0 Å². The van der Waals surface area contributed by atoms with Crippen LogP contribution in [-0.2, 0) is 14.3 Å². The van der Waals surface area contributed by atoms with Crippen molar-refractivity contribution in [1.29, 1.82) is 0 Å². The van der Waals surface area contributed by atoms with E-state index in [1.165, 1.54) is 0 Å². The molecule has 1 aromatic carbocycles. The lowest BCUT2D eigenvalue weighted by atomic mass is 9.95. The number of amides is 2. The number of nitrogens with one attached hydrogen (secondary N) is 2. The number of ketones is 1. The van der Waals surface area contributed by atoms with Crippen LogP contribution >= 0.6 is 0 Å². The number of likely N-dealkylation sites (tertiary alicyclic amines) is 1. The van der Waals surface area contributed by atoms with Crippen molar-refractivity contribution in [2.45, 2.75) is 50.8 Å². The molecule has 8 heteroatoms. The molecule has 0 radical (unpaired) electrons. The Kier molecular flexibility index (Phi) is 4.81. The molecule has 3 fully saturated rings. The number of carbonyl (C=O) groups is 3. The number of aromatic amines is 1. The highest BCUT2D eigenvalue weighted by atomic mass is 16.5. The monoisotopic (exact) mass is 410 g/mol. The second kappa shape index (κ2) is 7.50. The Morgan fingerprint density at radius 3 is 2.90 bits per heavy atom. The molecular weight excluding hydrogens is 384 g/mol. The molecule has 8 nitrogen and oxygen atoms in total. The lowest BCUT2D eigenvalue weighted by Gasteiger charge is -2.30. The minimum atomic E-state index is -0.628. The first-order valence-corrected chi connectivity index (χ1v) is 10.7. The van der Waals surface area contributed by atoms with Crippen molar-refractivity contribution in [2.75, 3.05) is 13.2 Å². The van der Waals surface area contributed by atoms with E-state index in [9.17, 15) is 14.4 Å². The molecule has 0 bridgehead atoms. The summed E-state index contributed by atoms with van der Waals surface area (Å²) in [5, 5.41) is 10.8. The molecule has 2 N–H and O–H groups in total. The van der Waals surface area contributed by atoms with Crippen molar-refractivity contribution >= 4 is 28.5 Å². The summed E-state index contributed by atoms with van der Waals surface area (Å²) >= 11 is 0. The van der Waals surface area contributed by atoms with E-state index >= 15 is 0 Å². The summed E-state index contributed by atoms with van der Waals surface area (Å²) in [5.74, 6) is -0.290. The molecular formula is C22H26N4O4. The molecule has 158 valence electrons. The van der Waals surface area contributed by atoms with Gasteiger partial charge >= 0.3 is 0 Å². The van der Waals surface area contributed by atoms with Gasteiger partial charge in [0, 0.05) is 23.4 Å². The number of rotatable bonds is 4. The van der Waals surface area contributed by atoms with E-state index in [1.54, 1.807) is 23.2 Å². The highest BCUT2D eigenvalue weighted by Gasteiger charge is 2.52. The predicted molar refractivity (Wildman–Crippen MR) is 109 cm³/mol. The first kappa shape index (κ1) is 19.2. The average Bonchev–Trinajstić information content (AvgIpc) is 3.52.